The lowest BCUT2D eigenvalue weighted by molar-refractivity contribution is 0.468. The molecule has 0 aliphatic carbocycles. The minimum Gasteiger partial charge on any atom is -0.435 e. The third kappa shape index (κ3) is 1.88. The van der Waals surface area contributed by atoms with Crippen molar-refractivity contribution in [1.29, 1.82) is 0 Å². The van der Waals surface area contributed by atoms with E-state index in [1.54, 1.807) is 35.5 Å². The molecule has 92 valence electrons. The molecule has 0 radical (unpaired) electrons. The van der Waals surface area contributed by atoms with Gasteiger partial charge < -0.3 is 10.1 Å². The van der Waals surface area contributed by atoms with Gasteiger partial charge in [-0.1, -0.05) is 0 Å². The third-order valence-corrected chi connectivity index (χ3v) is 3.22. The number of ether oxygens (including phenoxy) is 1. The summed E-state index contributed by atoms with van der Waals surface area (Å²) >= 11 is 1.55. The largest absolute Gasteiger partial charge is 0.435 e. The number of aryl methyl sites for hydroxylation is 1. The molecular formula is C11H11N5OS. The molecule has 0 spiro atoms. The Hall–Kier alpha value is -2.15. The first kappa shape index (κ1) is 11.0. The van der Waals surface area contributed by atoms with E-state index in [0.29, 0.717) is 17.6 Å². The van der Waals surface area contributed by atoms with E-state index in [9.17, 15) is 0 Å². The molecule has 0 fully saturated rings. The zero-order valence-electron chi connectivity index (χ0n) is 9.91. The highest BCUT2D eigenvalue weighted by Crippen LogP contribution is 2.30. The summed E-state index contributed by atoms with van der Waals surface area (Å²) in [7, 11) is 3.62. The van der Waals surface area contributed by atoms with Gasteiger partial charge in [0.05, 0.1) is 17.8 Å². The maximum absolute atomic E-state index is 5.75. The van der Waals surface area contributed by atoms with Crippen LogP contribution in [-0.2, 0) is 7.05 Å². The molecular weight excluding hydrogens is 250 g/mol. The Labute approximate surface area is 107 Å². The number of thiophene rings is 1. The number of nitrogens with zero attached hydrogens (tertiary/aromatic N) is 4. The van der Waals surface area contributed by atoms with Crippen LogP contribution in [0.1, 0.15) is 0 Å². The second-order valence-corrected chi connectivity index (χ2v) is 4.59. The number of fused-ring (bicyclic) bond motifs is 1. The number of rotatable bonds is 3. The van der Waals surface area contributed by atoms with E-state index < -0.39 is 0 Å². The van der Waals surface area contributed by atoms with Crippen LogP contribution >= 0.6 is 11.3 Å². The van der Waals surface area contributed by atoms with Crippen LogP contribution in [0.2, 0.25) is 0 Å². The Balaban J connectivity index is 2.06. The van der Waals surface area contributed by atoms with Gasteiger partial charge in [-0.15, -0.1) is 11.3 Å². The summed E-state index contributed by atoms with van der Waals surface area (Å²) in [5.74, 6) is 1.74. The standard InChI is InChI=1S/C11H11N5OS/c1-12-11-14-9(8-3-4-18-10(8)15-11)17-7-5-13-16(2)6-7/h3-6H,1-2H3,(H,12,14,15). The van der Waals surface area contributed by atoms with Gasteiger partial charge in [0.1, 0.15) is 4.83 Å². The SMILES string of the molecule is CNc1nc(Oc2cnn(C)c2)c2ccsc2n1. The van der Waals surface area contributed by atoms with Crippen molar-refractivity contribution in [1.82, 2.24) is 19.7 Å². The normalized spacial score (nSPS) is 10.8. The molecule has 0 aliphatic rings. The van der Waals surface area contributed by atoms with Crippen molar-refractivity contribution in [3.05, 3.63) is 23.8 Å². The first-order valence-corrected chi connectivity index (χ1v) is 6.24. The van der Waals surface area contributed by atoms with Crippen LogP contribution < -0.4 is 10.1 Å². The Kier molecular flexibility index (Phi) is 2.60. The van der Waals surface area contributed by atoms with Crippen molar-refractivity contribution in [2.75, 3.05) is 12.4 Å². The van der Waals surface area contributed by atoms with E-state index in [-0.39, 0.29) is 0 Å². The molecule has 0 bridgehead atoms. The van der Waals surface area contributed by atoms with E-state index >= 15 is 0 Å². The van der Waals surface area contributed by atoms with Crippen molar-refractivity contribution in [2.45, 2.75) is 0 Å². The Morgan fingerprint density at radius 3 is 3.00 bits per heavy atom. The Bertz CT molecular complexity index is 690. The Morgan fingerprint density at radius 2 is 2.28 bits per heavy atom. The van der Waals surface area contributed by atoms with Crippen molar-refractivity contribution in [3.8, 4) is 11.6 Å². The van der Waals surface area contributed by atoms with E-state index in [4.69, 9.17) is 4.74 Å². The molecule has 0 atom stereocenters. The fourth-order valence-electron chi connectivity index (χ4n) is 1.58. The van der Waals surface area contributed by atoms with E-state index in [1.807, 2.05) is 18.5 Å². The molecule has 3 heterocycles. The highest BCUT2D eigenvalue weighted by atomic mass is 32.1. The van der Waals surface area contributed by atoms with Crippen molar-refractivity contribution >= 4 is 27.5 Å². The van der Waals surface area contributed by atoms with Crippen LogP contribution in [0.4, 0.5) is 5.95 Å². The fraction of sp³-hybridized carbons (Fsp3) is 0.182. The molecule has 3 rings (SSSR count). The fourth-order valence-corrected chi connectivity index (χ4v) is 2.34. The second kappa shape index (κ2) is 4.26. The van der Waals surface area contributed by atoms with Crippen molar-refractivity contribution in [3.63, 3.8) is 0 Å². The van der Waals surface area contributed by atoms with Crippen LogP contribution in [0.5, 0.6) is 11.6 Å². The van der Waals surface area contributed by atoms with E-state index in [2.05, 4.69) is 20.4 Å². The van der Waals surface area contributed by atoms with Gasteiger partial charge >= 0.3 is 0 Å². The van der Waals surface area contributed by atoms with Gasteiger partial charge in [-0.25, -0.2) is 4.98 Å². The molecule has 1 N–H and O–H groups in total. The third-order valence-electron chi connectivity index (χ3n) is 2.41. The summed E-state index contributed by atoms with van der Waals surface area (Å²) in [6.45, 7) is 0. The number of nitrogens with one attached hydrogen (secondary N) is 1. The van der Waals surface area contributed by atoms with Gasteiger partial charge in [-0.05, 0) is 11.4 Å². The number of hydrogen-bond donors (Lipinski definition) is 1. The predicted octanol–water partition coefficient (Wildman–Crippen LogP) is 2.26. The molecule has 18 heavy (non-hydrogen) atoms. The zero-order chi connectivity index (χ0) is 12.5. The molecule has 0 aliphatic heterocycles. The highest BCUT2D eigenvalue weighted by molar-refractivity contribution is 7.16. The molecule has 0 saturated heterocycles. The lowest BCUT2D eigenvalue weighted by Gasteiger charge is -2.05. The number of aromatic nitrogens is 4. The van der Waals surface area contributed by atoms with Crippen LogP contribution in [0, 0.1) is 0 Å². The number of anilines is 1. The van der Waals surface area contributed by atoms with E-state index in [0.717, 1.165) is 10.2 Å². The summed E-state index contributed by atoms with van der Waals surface area (Å²) in [6.07, 6.45) is 3.44. The summed E-state index contributed by atoms with van der Waals surface area (Å²) in [6, 6.07) is 1.95. The van der Waals surface area contributed by atoms with Gasteiger partial charge in [0.25, 0.3) is 0 Å². The maximum atomic E-state index is 5.75. The minimum absolute atomic E-state index is 0.540. The van der Waals surface area contributed by atoms with Gasteiger partial charge in [-0.3, -0.25) is 4.68 Å². The lowest BCUT2D eigenvalue weighted by Crippen LogP contribution is -1.98. The van der Waals surface area contributed by atoms with Crippen molar-refractivity contribution < 1.29 is 4.74 Å². The summed E-state index contributed by atoms with van der Waals surface area (Å²) in [5, 5.41) is 9.85. The van der Waals surface area contributed by atoms with Crippen LogP contribution in [-0.4, -0.2) is 26.8 Å². The van der Waals surface area contributed by atoms with Gasteiger partial charge in [0, 0.05) is 14.1 Å². The monoisotopic (exact) mass is 261 g/mol. The Morgan fingerprint density at radius 1 is 1.39 bits per heavy atom. The molecule has 7 heteroatoms. The van der Waals surface area contributed by atoms with Gasteiger partial charge in [0.2, 0.25) is 11.8 Å². The average Bonchev–Trinajstić information content (AvgIpc) is 2.98. The average molecular weight is 261 g/mol. The molecule has 3 aromatic rings. The predicted molar refractivity (Wildman–Crippen MR) is 70.2 cm³/mol. The zero-order valence-corrected chi connectivity index (χ0v) is 10.7. The summed E-state index contributed by atoms with van der Waals surface area (Å²) < 4.78 is 7.43. The molecule has 0 amide bonds. The quantitative estimate of drug-likeness (QED) is 0.783. The van der Waals surface area contributed by atoms with Gasteiger partial charge in [0.15, 0.2) is 5.75 Å². The van der Waals surface area contributed by atoms with Crippen LogP contribution in [0.25, 0.3) is 10.2 Å². The summed E-state index contributed by atoms with van der Waals surface area (Å²) in [4.78, 5) is 9.57. The second-order valence-electron chi connectivity index (χ2n) is 3.69. The molecule has 0 aromatic carbocycles. The lowest BCUT2D eigenvalue weighted by atomic mass is 10.4. The summed E-state index contributed by atoms with van der Waals surface area (Å²) in [5.41, 5.74) is 0. The molecule has 6 nitrogen and oxygen atoms in total. The van der Waals surface area contributed by atoms with E-state index in [1.165, 1.54) is 0 Å². The first-order valence-electron chi connectivity index (χ1n) is 5.36. The topological polar surface area (TPSA) is 64.9 Å². The molecule has 3 aromatic heterocycles. The van der Waals surface area contributed by atoms with Crippen LogP contribution in [0.3, 0.4) is 0 Å². The minimum atomic E-state index is 0.540. The first-order chi connectivity index (χ1) is 8.76. The molecule has 0 saturated carbocycles. The van der Waals surface area contributed by atoms with Gasteiger partial charge in [-0.2, -0.15) is 10.1 Å². The number of hydrogen-bond acceptors (Lipinski definition) is 6. The van der Waals surface area contributed by atoms with Crippen LogP contribution in [0.15, 0.2) is 23.8 Å². The maximum Gasteiger partial charge on any atom is 0.233 e. The van der Waals surface area contributed by atoms with Crippen molar-refractivity contribution in [2.24, 2.45) is 7.05 Å². The molecule has 0 unspecified atom stereocenters. The smallest absolute Gasteiger partial charge is 0.233 e. The highest BCUT2D eigenvalue weighted by Gasteiger charge is 2.11.